The zero-order chi connectivity index (χ0) is 19.3. The molecule has 0 saturated heterocycles. The second kappa shape index (κ2) is 8.25. The highest BCUT2D eigenvalue weighted by atomic mass is 19.1. The lowest BCUT2D eigenvalue weighted by molar-refractivity contribution is -0.116. The van der Waals surface area contributed by atoms with Crippen LogP contribution in [0.15, 0.2) is 53.1 Å². The molecule has 0 spiro atoms. The minimum absolute atomic E-state index is 0.102. The first kappa shape index (κ1) is 18.2. The maximum atomic E-state index is 13.0. The van der Waals surface area contributed by atoms with Crippen LogP contribution < -0.4 is 10.1 Å². The van der Waals surface area contributed by atoms with Crippen LogP contribution in [0.25, 0.3) is 0 Å². The predicted octanol–water partition coefficient (Wildman–Crippen LogP) is 5.06. The van der Waals surface area contributed by atoms with E-state index in [1.165, 1.54) is 12.1 Å². The molecule has 1 aliphatic carbocycles. The number of ether oxygens (including phenoxy) is 1. The van der Waals surface area contributed by atoms with E-state index in [0.29, 0.717) is 30.2 Å². The Morgan fingerprint density at radius 1 is 1.11 bits per heavy atom. The first-order valence-corrected chi connectivity index (χ1v) is 9.47. The number of hydrogen-bond acceptors (Lipinski definition) is 4. The first-order chi connectivity index (χ1) is 13.7. The van der Waals surface area contributed by atoms with Crippen molar-refractivity contribution in [1.29, 1.82) is 0 Å². The monoisotopic (exact) mass is 380 g/mol. The third-order valence-corrected chi connectivity index (χ3v) is 4.80. The van der Waals surface area contributed by atoms with Gasteiger partial charge in [-0.1, -0.05) is 17.3 Å². The molecule has 4 rings (SSSR count). The van der Waals surface area contributed by atoms with Gasteiger partial charge in [0.05, 0.1) is 5.69 Å². The summed E-state index contributed by atoms with van der Waals surface area (Å²) in [6.45, 7) is 0. The first-order valence-electron chi connectivity index (χ1n) is 9.47. The van der Waals surface area contributed by atoms with Gasteiger partial charge in [-0.2, -0.15) is 0 Å². The zero-order valence-electron chi connectivity index (χ0n) is 15.4. The van der Waals surface area contributed by atoms with Crippen LogP contribution >= 0.6 is 0 Å². The molecule has 1 N–H and O–H groups in total. The fraction of sp³-hybridized carbons (Fsp3) is 0.273. The Morgan fingerprint density at radius 2 is 1.93 bits per heavy atom. The van der Waals surface area contributed by atoms with Gasteiger partial charge in [-0.25, -0.2) is 4.39 Å². The number of anilines is 1. The molecule has 0 atom stereocenters. The average Bonchev–Trinajstić information content (AvgIpc) is 3.11. The van der Waals surface area contributed by atoms with Gasteiger partial charge in [-0.05, 0) is 74.1 Å². The SMILES string of the molecule is O=C(CCc1cccc(Oc2ccc(F)cc2)c1)Nc1onc2c1CCCC2. The van der Waals surface area contributed by atoms with Crippen LogP contribution in [0.5, 0.6) is 11.5 Å². The third kappa shape index (κ3) is 4.39. The van der Waals surface area contributed by atoms with Crippen molar-refractivity contribution in [3.63, 3.8) is 0 Å². The summed E-state index contributed by atoms with van der Waals surface area (Å²) in [5.74, 6) is 1.29. The lowest BCUT2D eigenvalue weighted by Crippen LogP contribution is -2.14. The van der Waals surface area contributed by atoms with Gasteiger partial charge >= 0.3 is 0 Å². The Hall–Kier alpha value is -3.15. The number of fused-ring (bicyclic) bond motifs is 1. The summed E-state index contributed by atoms with van der Waals surface area (Å²) >= 11 is 0. The van der Waals surface area contributed by atoms with Crippen molar-refractivity contribution in [1.82, 2.24) is 5.16 Å². The lowest BCUT2D eigenvalue weighted by atomic mass is 9.97. The van der Waals surface area contributed by atoms with Gasteiger partial charge in [0.2, 0.25) is 11.8 Å². The normalized spacial score (nSPS) is 13.0. The molecule has 5 nitrogen and oxygen atoms in total. The number of halogens is 1. The van der Waals surface area contributed by atoms with Crippen molar-refractivity contribution in [3.8, 4) is 11.5 Å². The predicted molar refractivity (Wildman–Crippen MR) is 103 cm³/mol. The highest BCUT2D eigenvalue weighted by Crippen LogP contribution is 2.28. The molecular formula is C22H21FN2O3. The summed E-state index contributed by atoms with van der Waals surface area (Å²) in [6, 6.07) is 13.4. The minimum Gasteiger partial charge on any atom is -0.457 e. The van der Waals surface area contributed by atoms with Gasteiger partial charge in [-0.15, -0.1) is 0 Å². The highest BCUT2D eigenvalue weighted by Gasteiger charge is 2.20. The van der Waals surface area contributed by atoms with Crippen LogP contribution in [0.4, 0.5) is 10.3 Å². The highest BCUT2D eigenvalue weighted by molar-refractivity contribution is 5.90. The van der Waals surface area contributed by atoms with Gasteiger partial charge < -0.3 is 9.26 Å². The summed E-state index contributed by atoms with van der Waals surface area (Å²) in [6.07, 6.45) is 4.92. The van der Waals surface area contributed by atoms with Gasteiger partial charge in [0.25, 0.3) is 0 Å². The van der Waals surface area contributed by atoms with Crippen LogP contribution in [0.1, 0.15) is 36.1 Å². The summed E-state index contributed by atoms with van der Waals surface area (Å²) < 4.78 is 24.0. The van der Waals surface area contributed by atoms with Gasteiger partial charge in [0, 0.05) is 12.0 Å². The third-order valence-electron chi connectivity index (χ3n) is 4.80. The lowest BCUT2D eigenvalue weighted by Gasteiger charge is -2.10. The van der Waals surface area contributed by atoms with Crippen LogP contribution in [-0.4, -0.2) is 11.1 Å². The molecular weight excluding hydrogens is 359 g/mol. The molecule has 0 bridgehead atoms. The van der Waals surface area contributed by atoms with E-state index in [1.54, 1.807) is 12.1 Å². The van der Waals surface area contributed by atoms with E-state index in [-0.39, 0.29) is 11.7 Å². The number of rotatable bonds is 6. The topological polar surface area (TPSA) is 64.4 Å². The number of aromatic nitrogens is 1. The molecule has 1 aliphatic rings. The zero-order valence-corrected chi connectivity index (χ0v) is 15.4. The molecule has 0 radical (unpaired) electrons. The molecule has 0 aliphatic heterocycles. The second-order valence-electron chi connectivity index (χ2n) is 6.90. The van der Waals surface area contributed by atoms with Gasteiger partial charge in [-0.3, -0.25) is 10.1 Å². The van der Waals surface area contributed by atoms with E-state index < -0.39 is 0 Å². The van der Waals surface area contributed by atoms with Crippen molar-refractivity contribution >= 4 is 11.8 Å². The maximum Gasteiger partial charge on any atom is 0.234 e. The number of nitrogens with one attached hydrogen (secondary N) is 1. The van der Waals surface area contributed by atoms with Crippen LogP contribution in [0, 0.1) is 5.82 Å². The fourth-order valence-electron chi connectivity index (χ4n) is 3.34. The Kier molecular flexibility index (Phi) is 5.37. The quantitative estimate of drug-likeness (QED) is 0.649. The number of amides is 1. The van der Waals surface area contributed by atoms with Crippen LogP contribution in [0.2, 0.25) is 0 Å². The van der Waals surface area contributed by atoms with E-state index in [4.69, 9.17) is 9.26 Å². The Labute approximate surface area is 162 Å². The number of hydrogen-bond donors (Lipinski definition) is 1. The maximum absolute atomic E-state index is 13.0. The molecule has 1 amide bonds. The summed E-state index contributed by atoms with van der Waals surface area (Å²) in [4.78, 5) is 12.3. The van der Waals surface area contributed by atoms with E-state index in [2.05, 4.69) is 10.5 Å². The molecule has 3 aromatic rings. The van der Waals surface area contributed by atoms with Crippen LogP contribution in [0.3, 0.4) is 0 Å². The van der Waals surface area contributed by atoms with Gasteiger partial charge in [0.15, 0.2) is 0 Å². The van der Waals surface area contributed by atoms with Crippen molar-refractivity contribution in [2.24, 2.45) is 0 Å². The Balaban J connectivity index is 1.33. The fourth-order valence-corrected chi connectivity index (χ4v) is 3.34. The number of aryl methyl sites for hydroxylation is 2. The van der Waals surface area contributed by atoms with E-state index >= 15 is 0 Å². The summed E-state index contributed by atoms with van der Waals surface area (Å²) in [7, 11) is 0. The molecule has 2 aromatic carbocycles. The minimum atomic E-state index is -0.305. The largest absolute Gasteiger partial charge is 0.457 e. The molecule has 0 saturated carbocycles. The summed E-state index contributed by atoms with van der Waals surface area (Å²) in [5.41, 5.74) is 2.98. The number of nitrogens with zero attached hydrogens (tertiary/aromatic N) is 1. The number of carbonyl (C=O) groups is 1. The van der Waals surface area contributed by atoms with Gasteiger partial charge in [0.1, 0.15) is 17.3 Å². The average molecular weight is 380 g/mol. The second-order valence-corrected chi connectivity index (χ2v) is 6.90. The van der Waals surface area contributed by atoms with Crippen molar-refractivity contribution in [2.75, 3.05) is 5.32 Å². The van der Waals surface area contributed by atoms with Crippen molar-refractivity contribution in [2.45, 2.75) is 38.5 Å². The molecule has 0 unspecified atom stereocenters. The smallest absolute Gasteiger partial charge is 0.234 e. The molecule has 1 heterocycles. The standard InChI is InChI=1S/C22H21FN2O3/c23-16-9-11-17(12-10-16)27-18-5-3-4-15(14-18)8-13-21(26)24-22-19-6-1-2-7-20(19)25-28-22/h3-5,9-12,14H,1-2,6-8,13H2,(H,24,26). The molecule has 28 heavy (non-hydrogen) atoms. The van der Waals surface area contributed by atoms with Crippen molar-refractivity contribution < 1.29 is 18.4 Å². The Bertz CT molecular complexity index is 966. The van der Waals surface area contributed by atoms with Crippen LogP contribution in [-0.2, 0) is 24.1 Å². The Morgan fingerprint density at radius 3 is 2.79 bits per heavy atom. The van der Waals surface area contributed by atoms with Crippen molar-refractivity contribution in [3.05, 3.63) is 71.2 Å². The molecule has 6 heteroatoms. The molecule has 144 valence electrons. The molecule has 1 aromatic heterocycles. The molecule has 0 fully saturated rings. The van der Waals surface area contributed by atoms with E-state index in [1.807, 2.05) is 24.3 Å². The van der Waals surface area contributed by atoms with E-state index in [9.17, 15) is 9.18 Å². The summed E-state index contributed by atoms with van der Waals surface area (Å²) in [5, 5.41) is 6.90. The van der Waals surface area contributed by atoms with E-state index in [0.717, 1.165) is 42.5 Å². The number of carbonyl (C=O) groups excluding carboxylic acids is 1. The number of benzene rings is 2.